The summed E-state index contributed by atoms with van der Waals surface area (Å²) >= 11 is 0. The zero-order valence-electron chi connectivity index (χ0n) is 14.3. The standard InChI is InChI=1S/C20H24NO3/c1-14-4-6-16(7-5-14)20-18(22-2)11-15(12-19(20)23-3)10-17-13-21-8-9-24-17/h4-7,11-12,17,21H,1,8-10,13H2,2-3H3. The van der Waals surface area contributed by atoms with Crippen molar-refractivity contribution >= 4 is 0 Å². The highest BCUT2D eigenvalue weighted by Crippen LogP contribution is 2.40. The summed E-state index contributed by atoms with van der Waals surface area (Å²) in [5.41, 5.74) is 4.15. The highest BCUT2D eigenvalue weighted by atomic mass is 16.5. The minimum absolute atomic E-state index is 0.185. The first-order valence-corrected chi connectivity index (χ1v) is 8.21. The zero-order valence-corrected chi connectivity index (χ0v) is 14.3. The average molecular weight is 326 g/mol. The van der Waals surface area contributed by atoms with Gasteiger partial charge in [0.1, 0.15) is 11.5 Å². The van der Waals surface area contributed by atoms with E-state index in [1.54, 1.807) is 14.2 Å². The maximum absolute atomic E-state index is 5.81. The van der Waals surface area contributed by atoms with E-state index in [0.29, 0.717) is 0 Å². The first kappa shape index (κ1) is 16.8. The van der Waals surface area contributed by atoms with E-state index >= 15 is 0 Å². The lowest BCUT2D eigenvalue weighted by Gasteiger charge is -2.24. The van der Waals surface area contributed by atoms with Gasteiger partial charge < -0.3 is 19.5 Å². The maximum Gasteiger partial charge on any atom is 0.130 e. The van der Waals surface area contributed by atoms with Crippen LogP contribution in [0.1, 0.15) is 11.1 Å². The normalized spacial score (nSPS) is 17.5. The zero-order chi connectivity index (χ0) is 16.9. The van der Waals surface area contributed by atoms with Crippen LogP contribution in [0.4, 0.5) is 0 Å². The Morgan fingerprint density at radius 2 is 1.79 bits per heavy atom. The van der Waals surface area contributed by atoms with E-state index in [0.717, 1.165) is 59.9 Å². The number of rotatable bonds is 5. The molecule has 0 saturated carbocycles. The van der Waals surface area contributed by atoms with Gasteiger partial charge in [-0.15, -0.1) is 0 Å². The second kappa shape index (κ2) is 7.69. The third kappa shape index (κ3) is 3.71. The van der Waals surface area contributed by atoms with E-state index < -0.39 is 0 Å². The van der Waals surface area contributed by atoms with Crippen molar-refractivity contribution in [2.24, 2.45) is 0 Å². The smallest absolute Gasteiger partial charge is 0.130 e. The summed E-state index contributed by atoms with van der Waals surface area (Å²) in [4.78, 5) is 0. The van der Waals surface area contributed by atoms with Gasteiger partial charge in [-0.1, -0.05) is 24.3 Å². The Morgan fingerprint density at radius 1 is 1.12 bits per heavy atom. The third-order valence-electron chi connectivity index (χ3n) is 4.28. The van der Waals surface area contributed by atoms with E-state index in [2.05, 4.69) is 24.4 Å². The van der Waals surface area contributed by atoms with Gasteiger partial charge in [-0.25, -0.2) is 0 Å². The van der Waals surface area contributed by atoms with Gasteiger partial charge in [0.2, 0.25) is 0 Å². The summed E-state index contributed by atoms with van der Waals surface area (Å²) in [6.07, 6.45) is 1.02. The van der Waals surface area contributed by atoms with Gasteiger partial charge in [0, 0.05) is 19.5 Å². The quantitative estimate of drug-likeness (QED) is 0.916. The number of morpholine rings is 1. The van der Waals surface area contributed by atoms with Crippen LogP contribution >= 0.6 is 0 Å². The van der Waals surface area contributed by atoms with Crippen LogP contribution in [0.2, 0.25) is 0 Å². The Bertz CT molecular complexity index is 651. The molecule has 2 aromatic rings. The van der Waals surface area contributed by atoms with Crippen LogP contribution < -0.4 is 14.8 Å². The summed E-state index contributed by atoms with van der Waals surface area (Å²) in [6.45, 7) is 6.49. The minimum Gasteiger partial charge on any atom is -0.496 e. The van der Waals surface area contributed by atoms with E-state index in [1.165, 1.54) is 0 Å². The SMILES string of the molecule is [CH2]c1ccc(-c2c(OC)cc(CC3CNCCO3)cc2OC)cc1. The average Bonchev–Trinajstić information content (AvgIpc) is 2.62. The molecule has 0 spiro atoms. The molecular weight excluding hydrogens is 302 g/mol. The van der Waals surface area contributed by atoms with E-state index in [-0.39, 0.29) is 6.10 Å². The van der Waals surface area contributed by atoms with Gasteiger partial charge in [0.05, 0.1) is 32.5 Å². The van der Waals surface area contributed by atoms with Crippen molar-refractivity contribution in [2.45, 2.75) is 12.5 Å². The van der Waals surface area contributed by atoms with Crippen molar-refractivity contribution in [1.82, 2.24) is 5.32 Å². The fraction of sp³-hybridized carbons (Fsp3) is 0.350. The molecule has 0 bridgehead atoms. The molecule has 1 aliphatic rings. The van der Waals surface area contributed by atoms with Crippen LogP contribution in [-0.4, -0.2) is 40.0 Å². The molecule has 0 aromatic heterocycles. The molecule has 4 heteroatoms. The minimum atomic E-state index is 0.185. The third-order valence-corrected chi connectivity index (χ3v) is 4.28. The van der Waals surface area contributed by atoms with Gasteiger partial charge in [-0.3, -0.25) is 0 Å². The molecule has 1 aliphatic heterocycles. The fourth-order valence-corrected chi connectivity index (χ4v) is 3.05. The molecule has 2 aromatic carbocycles. The van der Waals surface area contributed by atoms with Crippen molar-refractivity contribution in [3.63, 3.8) is 0 Å². The van der Waals surface area contributed by atoms with Crippen LogP contribution in [0.5, 0.6) is 11.5 Å². The molecule has 1 radical (unpaired) electrons. The second-order valence-corrected chi connectivity index (χ2v) is 5.97. The second-order valence-electron chi connectivity index (χ2n) is 5.97. The number of ether oxygens (including phenoxy) is 3. The monoisotopic (exact) mass is 326 g/mol. The largest absolute Gasteiger partial charge is 0.496 e. The first-order chi connectivity index (χ1) is 11.7. The van der Waals surface area contributed by atoms with Crippen molar-refractivity contribution in [1.29, 1.82) is 0 Å². The molecule has 0 aliphatic carbocycles. The molecule has 1 fully saturated rings. The Hall–Kier alpha value is -2.04. The molecule has 1 N–H and O–H groups in total. The van der Waals surface area contributed by atoms with E-state index in [1.807, 2.05) is 24.3 Å². The predicted octanol–water partition coefficient (Wildman–Crippen LogP) is 3.08. The summed E-state index contributed by atoms with van der Waals surface area (Å²) in [5, 5.41) is 3.36. The topological polar surface area (TPSA) is 39.7 Å². The van der Waals surface area contributed by atoms with Crippen LogP contribution in [0.3, 0.4) is 0 Å². The Labute approximate surface area is 143 Å². The van der Waals surface area contributed by atoms with Crippen molar-refractivity contribution in [3.05, 3.63) is 54.4 Å². The van der Waals surface area contributed by atoms with Gasteiger partial charge >= 0.3 is 0 Å². The molecule has 3 rings (SSSR count). The Kier molecular flexibility index (Phi) is 5.38. The molecule has 4 nitrogen and oxygen atoms in total. The molecule has 1 atom stereocenters. The Balaban J connectivity index is 1.95. The summed E-state index contributed by atoms with van der Waals surface area (Å²) in [6, 6.07) is 12.2. The summed E-state index contributed by atoms with van der Waals surface area (Å²) in [7, 11) is 3.38. The lowest BCUT2D eigenvalue weighted by Crippen LogP contribution is -2.39. The molecule has 24 heavy (non-hydrogen) atoms. The molecule has 1 saturated heterocycles. The first-order valence-electron chi connectivity index (χ1n) is 8.21. The van der Waals surface area contributed by atoms with Gasteiger partial charge in [0.15, 0.2) is 0 Å². The van der Waals surface area contributed by atoms with Crippen molar-refractivity contribution in [3.8, 4) is 22.6 Å². The summed E-state index contributed by atoms with van der Waals surface area (Å²) in [5.74, 6) is 1.62. The molecule has 1 unspecified atom stereocenters. The van der Waals surface area contributed by atoms with Gasteiger partial charge in [-0.2, -0.15) is 0 Å². The fourth-order valence-electron chi connectivity index (χ4n) is 3.05. The number of benzene rings is 2. The number of hydrogen-bond acceptors (Lipinski definition) is 4. The summed E-state index contributed by atoms with van der Waals surface area (Å²) < 4.78 is 17.1. The van der Waals surface area contributed by atoms with Crippen molar-refractivity contribution in [2.75, 3.05) is 33.9 Å². The van der Waals surface area contributed by atoms with Crippen LogP contribution in [-0.2, 0) is 11.2 Å². The highest BCUT2D eigenvalue weighted by molar-refractivity contribution is 5.77. The predicted molar refractivity (Wildman–Crippen MR) is 95.8 cm³/mol. The van der Waals surface area contributed by atoms with Crippen LogP contribution in [0.15, 0.2) is 36.4 Å². The maximum atomic E-state index is 5.81. The van der Waals surface area contributed by atoms with Gasteiger partial charge in [0.25, 0.3) is 0 Å². The number of methoxy groups -OCH3 is 2. The van der Waals surface area contributed by atoms with Crippen LogP contribution in [0, 0.1) is 6.92 Å². The van der Waals surface area contributed by atoms with E-state index in [9.17, 15) is 0 Å². The van der Waals surface area contributed by atoms with Crippen molar-refractivity contribution < 1.29 is 14.2 Å². The molecule has 127 valence electrons. The van der Waals surface area contributed by atoms with E-state index in [4.69, 9.17) is 14.2 Å². The van der Waals surface area contributed by atoms with Crippen LogP contribution in [0.25, 0.3) is 11.1 Å². The number of hydrogen-bond donors (Lipinski definition) is 1. The lowest BCUT2D eigenvalue weighted by molar-refractivity contribution is 0.0292. The molecule has 1 heterocycles. The highest BCUT2D eigenvalue weighted by Gasteiger charge is 2.18. The molecule has 0 amide bonds. The molecular formula is C20H24NO3. The Morgan fingerprint density at radius 3 is 2.33 bits per heavy atom. The van der Waals surface area contributed by atoms with Gasteiger partial charge in [-0.05, 0) is 35.7 Å². The number of nitrogens with one attached hydrogen (secondary N) is 1. The lowest BCUT2D eigenvalue weighted by atomic mass is 9.98.